The zero-order chi connectivity index (χ0) is 22.9. The summed E-state index contributed by atoms with van der Waals surface area (Å²) in [7, 11) is -5.65. The quantitative estimate of drug-likeness (QED) is 0.168. The van der Waals surface area contributed by atoms with E-state index in [1.54, 1.807) is 0 Å². The highest BCUT2D eigenvalue weighted by atomic mass is 32.2. The minimum atomic E-state index is -5.65. The largest absolute Gasteiger partial charge is 0.456 e. The third kappa shape index (κ3) is 4.81. The fourth-order valence-corrected chi connectivity index (χ4v) is 3.75. The van der Waals surface area contributed by atoms with Crippen LogP contribution in [-0.2, 0) is 24.4 Å². The van der Waals surface area contributed by atoms with Gasteiger partial charge in [-0.05, 0) is 32.1 Å². The van der Waals surface area contributed by atoms with Crippen molar-refractivity contribution in [3.05, 3.63) is 35.4 Å². The molecule has 1 saturated carbocycles. The van der Waals surface area contributed by atoms with Crippen LogP contribution < -0.4 is 4.74 Å². The smallest absolute Gasteiger partial charge is 0.334 e. The van der Waals surface area contributed by atoms with Crippen LogP contribution in [0.15, 0.2) is 17.0 Å². The second kappa shape index (κ2) is 8.72. The van der Waals surface area contributed by atoms with Crippen LogP contribution in [0.2, 0.25) is 0 Å². The molecule has 0 atom stereocenters. The summed E-state index contributed by atoms with van der Waals surface area (Å²) in [5.74, 6) is -14.0. The fourth-order valence-electron chi connectivity index (χ4n) is 3.12. The van der Waals surface area contributed by atoms with Crippen LogP contribution >= 0.6 is 0 Å². The van der Waals surface area contributed by atoms with Crippen molar-refractivity contribution in [1.82, 2.24) is 0 Å². The predicted octanol–water partition coefficient (Wildman–Crippen LogP) is 3.61. The molecule has 30 heavy (non-hydrogen) atoms. The molecule has 12 heteroatoms. The van der Waals surface area contributed by atoms with Gasteiger partial charge in [-0.1, -0.05) is 13.5 Å². The first-order chi connectivity index (χ1) is 13.8. The van der Waals surface area contributed by atoms with Crippen molar-refractivity contribution in [2.24, 2.45) is 0 Å². The molecule has 1 aliphatic rings. The van der Waals surface area contributed by atoms with E-state index in [4.69, 9.17) is 9.29 Å². The Balaban J connectivity index is 2.16. The number of ether oxygens (including phenoxy) is 2. The monoisotopic (exact) mass is 454 g/mol. The molecule has 1 fully saturated rings. The van der Waals surface area contributed by atoms with Crippen LogP contribution in [0.4, 0.5) is 17.6 Å². The highest BCUT2D eigenvalue weighted by Crippen LogP contribution is 2.37. The number of esters is 2. The molecule has 2 rings (SSSR count). The molecule has 0 bridgehead atoms. The van der Waals surface area contributed by atoms with Crippen LogP contribution in [0.25, 0.3) is 0 Å². The number of carbonyl (C=O) groups is 2. The third-order valence-corrected chi connectivity index (χ3v) is 5.65. The molecule has 1 aliphatic carbocycles. The van der Waals surface area contributed by atoms with E-state index >= 15 is 0 Å². The highest BCUT2D eigenvalue weighted by Gasteiger charge is 2.37. The Kier molecular flexibility index (Phi) is 6.92. The van der Waals surface area contributed by atoms with E-state index in [2.05, 4.69) is 11.3 Å². The van der Waals surface area contributed by atoms with Crippen LogP contribution in [-0.4, -0.2) is 30.5 Å². The van der Waals surface area contributed by atoms with Crippen LogP contribution in [0.3, 0.4) is 0 Å². The summed E-state index contributed by atoms with van der Waals surface area (Å²) in [6.07, 6.45) is 2.58. The normalized spacial score (nSPS) is 15.7. The molecule has 1 aromatic rings. The summed E-state index contributed by atoms with van der Waals surface area (Å²) >= 11 is 0. The lowest BCUT2D eigenvalue weighted by Crippen LogP contribution is -2.32. The number of hydrogen-bond acceptors (Lipinski definition) is 6. The van der Waals surface area contributed by atoms with Gasteiger partial charge < -0.3 is 9.47 Å². The topological polar surface area (TPSA) is 107 Å². The Morgan fingerprint density at radius 3 is 2.00 bits per heavy atom. The van der Waals surface area contributed by atoms with Crippen LogP contribution in [0, 0.1) is 23.3 Å². The summed E-state index contributed by atoms with van der Waals surface area (Å²) in [5.41, 5.74) is -1.11. The summed E-state index contributed by atoms with van der Waals surface area (Å²) in [6.45, 7) is 5.17. The van der Waals surface area contributed by atoms with Crippen LogP contribution in [0.1, 0.15) is 45.4 Å². The molecule has 166 valence electrons. The number of carbonyl (C=O) groups excluding carboxylic acids is 2. The Morgan fingerprint density at radius 2 is 1.57 bits per heavy atom. The zero-order valence-corrected chi connectivity index (χ0v) is 16.6. The van der Waals surface area contributed by atoms with Gasteiger partial charge in [-0.15, -0.1) is 0 Å². The van der Waals surface area contributed by atoms with Gasteiger partial charge in [-0.25, -0.2) is 13.6 Å². The highest BCUT2D eigenvalue weighted by molar-refractivity contribution is 7.85. The number of hydrogen-bond donors (Lipinski definition) is 1. The summed E-state index contributed by atoms with van der Waals surface area (Å²) in [5, 5.41) is 0. The molecule has 0 aliphatic heterocycles. The average Bonchev–Trinajstić information content (AvgIpc) is 3.11. The maximum atomic E-state index is 13.9. The summed E-state index contributed by atoms with van der Waals surface area (Å²) in [6, 6.07) is 0. The van der Waals surface area contributed by atoms with Gasteiger partial charge in [0.05, 0.1) is 6.42 Å². The number of rotatable bonds is 7. The van der Waals surface area contributed by atoms with Crippen molar-refractivity contribution >= 4 is 22.1 Å². The third-order valence-electron chi connectivity index (χ3n) is 4.77. The molecule has 1 aromatic carbocycles. The lowest BCUT2D eigenvalue weighted by molar-refractivity contribution is -0.155. The fraction of sp³-hybridized carbons (Fsp3) is 0.444. The van der Waals surface area contributed by atoms with E-state index in [1.165, 1.54) is 0 Å². The van der Waals surface area contributed by atoms with Gasteiger partial charge in [0.25, 0.3) is 0 Å². The first-order valence-electron chi connectivity index (χ1n) is 8.78. The van der Waals surface area contributed by atoms with Crippen molar-refractivity contribution in [1.29, 1.82) is 0 Å². The van der Waals surface area contributed by atoms with Crippen LogP contribution in [0.5, 0.6) is 5.75 Å². The van der Waals surface area contributed by atoms with Gasteiger partial charge in [-0.2, -0.15) is 17.2 Å². The molecule has 0 heterocycles. The average molecular weight is 454 g/mol. The Labute approximate surface area is 169 Å². The van der Waals surface area contributed by atoms with Crippen molar-refractivity contribution < 1.29 is 49.6 Å². The van der Waals surface area contributed by atoms with E-state index in [1.807, 2.05) is 6.92 Å². The lowest BCUT2D eigenvalue weighted by Gasteiger charge is -2.27. The van der Waals surface area contributed by atoms with Gasteiger partial charge in [0.15, 0.2) is 16.5 Å². The summed E-state index contributed by atoms with van der Waals surface area (Å²) < 4.78 is 95.4. The van der Waals surface area contributed by atoms with Gasteiger partial charge in [0.2, 0.25) is 17.4 Å². The van der Waals surface area contributed by atoms with Crippen molar-refractivity contribution in [2.45, 2.75) is 55.9 Å². The minimum absolute atomic E-state index is 0.420. The molecule has 0 aromatic heterocycles. The van der Waals surface area contributed by atoms with Crippen molar-refractivity contribution in [3.63, 3.8) is 0 Å². The predicted molar refractivity (Wildman–Crippen MR) is 93.1 cm³/mol. The number of halogens is 4. The molecule has 7 nitrogen and oxygen atoms in total. The van der Waals surface area contributed by atoms with E-state index in [9.17, 15) is 35.6 Å². The molecule has 0 radical (unpaired) electrons. The molecular formula is C18H18F4O7S. The first-order valence-corrected chi connectivity index (χ1v) is 10.2. The Bertz CT molecular complexity index is 969. The van der Waals surface area contributed by atoms with Gasteiger partial charge in [-0.3, -0.25) is 9.35 Å². The number of benzene rings is 1. The SMILES string of the molecule is C=C(CC(=O)Oc1c(F)c(F)c(S(=O)(=O)O)c(F)c1F)C(=O)OC1(CC)CCCC1. The molecule has 0 unspecified atom stereocenters. The van der Waals surface area contributed by atoms with Crippen molar-refractivity contribution in [2.75, 3.05) is 0 Å². The maximum absolute atomic E-state index is 13.9. The van der Waals surface area contributed by atoms with E-state index < -0.39 is 73.6 Å². The maximum Gasteiger partial charge on any atom is 0.334 e. The standard InChI is InChI=1S/C18H18F4O7S/c1-3-18(6-4-5-7-18)29-17(24)9(2)8-10(23)28-15-11(19)13(21)16(30(25,26)27)14(22)12(15)20/h2-8H2,1H3,(H,25,26,27). The molecular weight excluding hydrogens is 436 g/mol. The first kappa shape index (κ1) is 23.8. The molecule has 0 spiro atoms. The molecule has 0 amide bonds. The van der Waals surface area contributed by atoms with E-state index in [-0.39, 0.29) is 0 Å². The summed E-state index contributed by atoms with van der Waals surface area (Å²) in [4.78, 5) is 21.8. The second-order valence-corrected chi connectivity index (χ2v) is 8.14. The van der Waals surface area contributed by atoms with Gasteiger partial charge in [0, 0.05) is 5.57 Å². The molecule has 0 saturated heterocycles. The Hall–Kier alpha value is -2.47. The van der Waals surface area contributed by atoms with E-state index in [0.29, 0.717) is 19.3 Å². The second-order valence-electron chi connectivity index (χ2n) is 6.78. The zero-order valence-electron chi connectivity index (χ0n) is 15.8. The van der Waals surface area contributed by atoms with Gasteiger partial charge >= 0.3 is 22.1 Å². The Morgan fingerprint density at radius 1 is 1.07 bits per heavy atom. The van der Waals surface area contributed by atoms with E-state index in [0.717, 1.165) is 12.8 Å². The van der Waals surface area contributed by atoms with Gasteiger partial charge in [0.1, 0.15) is 5.60 Å². The lowest BCUT2D eigenvalue weighted by atomic mass is 9.98. The minimum Gasteiger partial charge on any atom is -0.456 e. The van der Waals surface area contributed by atoms with Crippen molar-refractivity contribution in [3.8, 4) is 5.75 Å². The molecule has 1 N–H and O–H groups in total.